The van der Waals surface area contributed by atoms with Crippen LogP contribution in [0.4, 0.5) is 0 Å². The van der Waals surface area contributed by atoms with Gasteiger partial charge in [-0.3, -0.25) is 9.78 Å². The van der Waals surface area contributed by atoms with Gasteiger partial charge in [-0.15, -0.1) is 0 Å². The summed E-state index contributed by atoms with van der Waals surface area (Å²) in [4.78, 5) is 21.6. The molecular formula is C23H24N4O2S. The van der Waals surface area contributed by atoms with E-state index in [1.54, 1.807) is 18.0 Å². The number of nitrogens with zero attached hydrogens (tertiary/aromatic N) is 3. The van der Waals surface area contributed by atoms with Crippen LogP contribution in [0.5, 0.6) is 5.75 Å². The van der Waals surface area contributed by atoms with Gasteiger partial charge in [0.25, 0.3) is 0 Å². The Morgan fingerprint density at radius 2 is 2.00 bits per heavy atom. The molecule has 0 aliphatic heterocycles. The fraction of sp³-hybridized carbons (Fsp3) is 0.261. The van der Waals surface area contributed by atoms with Gasteiger partial charge in [-0.2, -0.15) is 11.8 Å². The second-order valence-corrected chi connectivity index (χ2v) is 7.79. The standard InChI is InChI=1S/C23H24N4O2S/c1-30-16-21-26-18-9-2-3-10-19(18)27(21)15-22(28)24-13-6-14-29-20-11-4-7-17-8-5-12-25-23(17)20/h2-5,7-12H,6,13-16H2,1H3,(H,24,28). The van der Waals surface area contributed by atoms with Crippen molar-refractivity contribution in [2.45, 2.75) is 18.7 Å². The number of thioether (sulfide) groups is 1. The molecule has 0 aliphatic carbocycles. The van der Waals surface area contributed by atoms with Gasteiger partial charge in [-0.25, -0.2) is 4.98 Å². The van der Waals surface area contributed by atoms with E-state index in [0.717, 1.165) is 45.7 Å². The highest BCUT2D eigenvalue weighted by Crippen LogP contribution is 2.23. The third kappa shape index (κ3) is 4.57. The SMILES string of the molecule is CSCc1nc2ccccc2n1CC(=O)NCCCOc1cccc2cccnc12. The van der Waals surface area contributed by atoms with Crippen LogP contribution in [0, 0.1) is 0 Å². The van der Waals surface area contributed by atoms with Gasteiger partial charge < -0.3 is 14.6 Å². The van der Waals surface area contributed by atoms with Crippen LogP contribution in [0.15, 0.2) is 60.8 Å². The zero-order chi connectivity index (χ0) is 20.8. The van der Waals surface area contributed by atoms with Crippen molar-refractivity contribution >= 4 is 39.6 Å². The van der Waals surface area contributed by atoms with Crippen molar-refractivity contribution in [1.29, 1.82) is 0 Å². The van der Waals surface area contributed by atoms with Gasteiger partial charge in [0, 0.05) is 18.1 Å². The van der Waals surface area contributed by atoms with Crippen LogP contribution in [0.3, 0.4) is 0 Å². The summed E-state index contributed by atoms with van der Waals surface area (Å²) < 4.78 is 7.88. The first-order valence-corrected chi connectivity index (χ1v) is 11.3. The minimum Gasteiger partial charge on any atom is -0.491 e. The van der Waals surface area contributed by atoms with Crippen molar-refractivity contribution < 1.29 is 9.53 Å². The quantitative estimate of drug-likeness (QED) is 0.414. The minimum atomic E-state index is -0.0210. The average Bonchev–Trinajstić information content (AvgIpc) is 3.11. The number of hydrogen-bond donors (Lipinski definition) is 1. The lowest BCUT2D eigenvalue weighted by Gasteiger charge is -2.11. The second-order valence-electron chi connectivity index (χ2n) is 6.92. The van der Waals surface area contributed by atoms with Crippen molar-refractivity contribution in [3.05, 3.63) is 66.6 Å². The zero-order valence-corrected chi connectivity index (χ0v) is 17.7. The van der Waals surface area contributed by atoms with Crippen LogP contribution >= 0.6 is 11.8 Å². The Kier molecular flexibility index (Phi) is 6.49. The van der Waals surface area contributed by atoms with E-state index in [9.17, 15) is 4.79 Å². The smallest absolute Gasteiger partial charge is 0.240 e. The van der Waals surface area contributed by atoms with Gasteiger partial charge >= 0.3 is 0 Å². The molecule has 0 saturated heterocycles. The molecule has 0 bridgehead atoms. The molecule has 0 unspecified atom stereocenters. The number of para-hydroxylation sites is 3. The molecule has 2 heterocycles. The molecule has 2 aromatic heterocycles. The molecule has 0 saturated carbocycles. The lowest BCUT2D eigenvalue weighted by Crippen LogP contribution is -2.29. The van der Waals surface area contributed by atoms with Gasteiger partial charge in [-0.1, -0.05) is 30.3 Å². The summed E-state index contributed by atoms with van der Waals surface area (Å²) in [6.45, 7) is 1.34. The monoisotopic (exact) mass is 420 g/mol. The van der Waals surface area contributed by atoms with Gasteiger partial charge in [0.05, 0.1) is 23.4 Å². The van der Waals surface area contributed by atoms with Crippen LogP contribution in [-0.4, -0.2) is 39.8 Å². The van der Waals surface area contributed by atoms with E-state index in [1.807, 2.05) is 65.4 Å². The molecule has 0 radical (unpaired) electrons. The number of carbonyl (C=O) groups is 1. The highest BCUT2D eigenvalue weighted by molar-refractivity contribution is 7.97. The predicted molar refractivity (Wildman–Crippen MR) is 122 cm³/mol. The van der Waals surface area contributed by atoms with Gasteiger partial charge in [0.2, 0.25) is 5.91 Å². The van der Waals surface area contributed by atoms with Crippen molar-refractivity contribution in [2.75, 3.05) is 19.4 Å². The normalized spacial score (nSPS) is 11.1. The number of ether oxygens (including phenoxy) is 1. The molecular weight excluding hydrogens is 396 g/mol. The number of imidazole rings is 1. The van der Waals surface area contributed by atoms with E-state index < -0.39 is 0 Å². The molecule has 0 aliphatic rings. The van der Waals surface area contributed by atoms with E-state index in [1.165, 1.54) is 0 Å². The van der Waals surface area contributed by atoms with Crippen molar-refractivity contribution in [1.82, 2.24) is 19.9 Å². The zero-order valence-electron chi connectivity index (χ0n) is 16.9. The molecule has 154 valence electrons. The molecule has 1 amide bonds. The van der Waals surface area contributed by atoms with Crippen molar-refractivity contribution in [3.8, 4) is 5.75 Å². The van der Waals surface area contributed by atoms with Crippen molar-refractivity contribution in [2.24, 2.45) is 0 Å². The molecule has 0 atom stereocenters. The Hall–Kier alpha value is -3.06. The van der Waals surface area contributed by atoms with Gasteiger partial charge in [-0.05, 0) is 36.9 Å². The molecule has 6 nitrogen and oxygen atoms in total. The molecule has 4 rings (SSSR count). The first-order valence-electron chi connectivity index (χ1n) is 9.92. The summed E-state index contributed by atoms with van der Waals surface area (Å²) in [5, 5.41) is 4.04. The number of nitrogens with one attached hydrogen (secondary N) is 1. The summed E-state index contributed by atoms with van der Waals surface area (Å²) in [5.41, 5.74) is 2.77. The fourth-order valence-corrected chi connectivity index (χ4v) is 3.89. The maximum absolute atomic E-state index is 12.5. The minimum absolute atomic E-state index is 0.0210. The summed E-state index contributed by atoms with van der Waals surface area (Å²) in [5.74, 6) is 2.44. The highest BCUT2D eigenvalue weighted by Gasteiger charge is 2.13. The Balaban J connectivity index is 1.29. The van der Waals surface area contributed by atoms with Crippen LogP contribution < -0.4 is 10.1 Å². The number of pyridine rings is 1. The van der Waals surface area contributed by atoms with Crippen molar-refractivity contribution in [3.63, 3.8) is 0 Å². The van der Waals surface area contributed by atoms with Crippen LogP contribution in [0.2, 0.25) is 0 Å². The summed E-state index contributed by atoms with van der Waals surface area (Å²) in [6.07, 6.45) is 4.52. The topological polar surface area (TPSA) is 69.0 Å². The fourth-order valence-electron chi connectivity index (χ4n) is 3.42. The molecule has 4 aromatic rings. The Morgan fingerprint density at radius 3 is 2.90 bits per heavy atom. The molecule has 7 heteroatoms. The lowest BCUT2D eigenvalue weighted by atomic mass is 10.2. The van der Waals surface area contributed by atoms with E-state index >= 15 is 0 Å². The van der Waals surface area contributed by atoms with Crippen LogP contribution in [0.1, 0.15) is 12.2 Å². The maximum atomic E-state index is 12.5. The van der Waals surface area contributed by atoms with E-state index in [4.69, 9.17) is 4.74 Å². The Morgan fingerprint density at radius 1 is 1.13 bits per heavy atom. The first-order chi connectivity index (χ1) is 14.8. The first kappa shape index (κ1) is 20.2. The van der Waals surface area contributed by atoms with E-state index in [2.05, 4.69) is 15.3 Å². The molecule has 0 fully saturated rings. The Bertz CT molecular complexity index is 1150. The number of amides is 1. The maximum Gasteiger partial charge on any atom is 0.240 e. The van der Waals surface area contributed by atoms with E-state index in [-0.39, 0.29) is 12.5 Å². The van der Waals surface area contributed by atoms with Gasteiger partial charge in [0.15, 0.2) is 0 Å². The summed E-state index contributed by atoms with van der Waals surface area (Å²) >= 11 is 1.70. The number of hydrogen-bond acceptors (Lipinski definition) is 5. The highest BCUT2D eigenvalue weighted by atomic mass is 32.2. The molecule has 1 N–H and O–H groups in total. The molecule has 30 heavy (non-hydrogen) atoms. The Labute approximate surface area is 179 Å². The number of rotatable bonds is 9. The van der Waals surface area contributed by atoms with E-state index in [0.29, 0.717) is 13.2 Å². The molecule has 0 spiro atoms. The number of fused-ring (bicyclic) bond motifs is 2. The molecule has 2 aromatic carbocycles. The number of benzene rings is 2. The number of carbonyl (C=O) groups excluding carboxylic acids is 1. The average molecular weight is 421 g/mol. The van der Waals surface area contributed by atoms with Crippen LogP contribution in [-0.2, 0) is 17.1 Å². The second kappa shape index (κ2) is 9.63. The van der Waals surface area contributed by atoms with Gasteiger partial charge in [0.1, 0.15) is 23.6 Å². The van der Waals surface area contributed by atoms with Crippen LogP contribution in [0.25, 0.3) is 21.9 Å². The number of aromatic nitrogens is 3. The summed E-state index contributed by atoms with van der Waals surface area (Å²) in [7, 11) is 0. The third-order valence-electron chi connectivity index (χ3n) is 4.81. The lowest BCUT2D eigenvalue weighted by molar-refractivity contribution is -0.121. The third-order valence-corrected chi connectivity index (χ3v) is 5.35. The largest absolute Gasteiger partial charge is 0.491 e. The predicted octanol–water partition coefficient (Wildman–Crippen LogP) is 4.03. The summed E-state index contributed by atoms with van der Waals surface area (Å²) in [6, 6.07) is 17.7.